The second-order valence-corrected chi connectivity index (χ2v) is 6.00. The molecule has 25 heavy (non-hydrogen) atoms. The maximum atomic E-state index is 11.8. The van der Waals surface area contributed by atoms with Gasteiger partial charge in [0.1, 0.15) is 11.9 Å². The highest BCUT2D eigenvalue weighted by Gasteiger charge is 2.11. The summed E-state index contributed by atoms with van der Waals surface area (Å²) in [5.74, 6) is 0.899. The SMILES string of the molecule is CCCC(CC)OC(=O)NCCNc1cc(C)nn1-c1ccccc1. The Kier molecular flexibility index (Phi) is 7.32. The Bertz CT molecular complexity index is 655. The lowest BCUT2D eigenvalue weighted by Crippen LogP contribution is -2.32. The van der Waals surface area contributed by atoms with Crippen LogP contribution in [0.4, 0.5) is 10.6 Å². The first-order valence-electron chi connectivity index (χ1n) is 8.94. The third-order valence-electron chi connectivity index (χ3n) is 3.87. The van der Waals surface area contributed by atoms with Gasteiger partial charge in [-0.15, -0.1) is 0 Å². The Morgan fingerprint density at radius 3 is 2.68 bits per heavy atom. The Labute approximate surface area is 149 Å². The van der Waals surface area contributed by atoms with E-state index in [2.05, 4.69) is 22.7 Å². The molecular weight excluding hydrogens is 316 g/mol. The summed E-state index contributed by atoms with van der Waals surface area (Å²) in [4.78, 5) is 11.8. The standard InChI is InChI=1S/C19H28N4O2/c1-4-9-17(5-2)25-19(24)21-13-12-20-18-14-15(3)22-23(18)16-10-7-6-8-11-16/h6-8,10-11,14,17,20H,4-5,9,12-13H2,1-3H3,(H,21,24). The van der Waals surface area contributed by atoms with Crippen LogP contribution in [0.25, 0.3) is 5.69 Å². The van der Waals surface area contributed by atoms with Gasteiger partial charge in [0.25, 0.3) is 0 Å². The molecule has 0 saturated heterocycles. The second-order valence-electron chi connectivity index (χ2n) is 6.00. The van der Waals surface area contributed by atoms with Crippen LogP contribution >= 0.6 is 0 Å². The number of alkyl carbamates (subject to hydrolysis) is 1. The van der Waals surface area contributed by atoms with Gasteiger partial charge in [0.05, 0.1) is 11.4 Å². The lowest BCUT2D eigenvalue weighted by molar-refractivity contribution is 0.0902. The molecule has 1 unspecified atom stereocenters. The summed E-state index contributed by atoms with van der Waals surface area (Å²) >= 11 is 0. The van der Waals surface area contributed by atoms with Crippen molar-refractivity contribution in [2.45, 2.75) is 46.1 Å². The summed E-state index contributed by atoms with van der Waals surface area (Å²) in [5, 5.41) is 10.6. The fraction of sp³-hybridized carbons (Fsp3) is 0.474. The Hall–Kier alpha value is -2.50. The van der Waals surface area contributed by atoms with Crippen LogP contribution in [0, 0.1) is 6.92 Å². The monoisotopic (exact) mass is 344 g/mol. The molecule has 1 heterocycles. The van der Waals surface area contributed by atoms with E-state index in [0.29, 0.717) is 13.1 Å². The highest BCUT2D eigenvalue weighted by atomic mass is 16.6. The molecule has 2 aromatic rings. The van der Waals surface area contributed by atoms with Gasteiger partial charge in [-0.3, -0.25) is 0 Å². The quantitative estimate of drug-likeness (QED) is 0.677. The van der Waals surface area contributed by atoms with Gasteiger partial charge in [0.15, 0.2) is 0 Å². The van der Waals surface area contributed by atoms with Crippen LogP contribution in [0.5, 0.6) is 0 Å². The van der Waals surface area contributed by atoms with Crippen molar-refractivity contribution in [2.75, 3.05) is 18.4 Å². The number of hydrogen-bond donors (Lipinski definition) is 2. The van der Waals surface area contributed by atoms with Gasteiger partial charge in [0.2, 0.25) is 0 Å². The molecule has 1 amide bonds. The predicted octanol–water partition coefficient (Wildman–Crippen LogP) is 3.90. The minimum absolute atomic E-state index is 0.000112. The molecule has 0 spiro atoms. The highest BCUT2D eigenvalue weighted by molar-refractivity contribution is 5.67. The largest absolute Gasteiger partial charge is 0.446 e. The van der Waals surface area contributed by atoms with E-state index < -0.39 is 0 Å². The summed E-state index contributed by atoms with van der Waals surface area (Å²) in [5.41, 5.74) is 1.93. The fourth-order valence-corrected chi connectivity index (χ4v) is 2.61. The number of amides is 1. The summed E-state index contributed by atoms with van der Waals surface area (Å²) in [6, 6.07) is 11.9. The molecule has 0 aliphatic heterocycles. The van der Waals surface area contributed by atoms with Crippen LogP contribution in [0.2, 0.25) is 0 Å². The van der Waals surface area contributed by atoms with Crippen LogP contribution in [0.1, 0.15) is 38.8 Å². The zero-order valence-electron chi connectivity index (χ0n) is 15.3. The molecule has 6 nitrogen and oxygen atoms in total. The molecule has 2 rings (SSSR count). The van der Waals surface area contributed by atoms with Crippen molar-refractivity contribution in [1.29, 1.82) is 0 Å². The van der Waals surface area contributed by atoms with Gasteiger partial charge in [-0.05, 0) is 31.9 Å². The van der Waals surface area contributed by atoms with E-state index in [1.807, 2.05) is 54.9 Å². The number of nitrogens with one attached hydrogen (secondary N) is 2. The molecule has 1 atom stereocenters. The van der Waals surface area contributed by atoms with E-state index in [9.17, 15) is 4.79 Å². The fourth-order valence-electron chi connectivity index (χ4n) is 2.61. The molecule has 0 aliphatic rings. The van der Waals surface area contributed by atoms with Crippen molar-refractivity contribution in [1.82, 2.24) is 15.1 Å². The lowest BCUT2D eigenvalue weighted by Gasteiger charge is -2.16. The van der Waals surface area contributed by atoms with Crippen molar-refractivity contribution in [3.05, 3.63) is 42.1 Å². The number of nitrogens with zero attached hydrogens (tertiary/aromatic N) is 2. The Balaban J connectivity index is 1.82. The zero-order valence-corrected chi connectivity index (χ0v) is 15.3. The number of ether oxygens (including phenoxy) is 1. The van der Waals surface area contributed by atoms with Crippen LogP contribution in [0.15, 0.2) is 36.4 Å². The lowest BCUT2D eigenvalue weighted by atomic mass is 10.2. The topological polar surface area (TPSA) is 68.2 Å². The molecule has 0 fully saturated rings. The van der Waals surface area contributed by atoms with E-state index in [1.54, 1.807) is 0 Å². The number of rotatable bonds is 9. The summed E-state index contributed by atoms with van der Waals surface area (Å²) < 4.78 is 7.26. The number of aromatic nitrogens is 2. The Morgan fingerprint density at radius 2 is 2.00 bits per heavy atom. The number of para-hydroxylation sites is 1. The van der Waals surface area contributed by atoms with E-state index in [0.717, 1.165) is 36.5 Å². The molecule has 0 bridgehead atoms. The molecule has 0 radical (unpaired) electrons. The minimum atomic E-state index is -0.352. The molecule has 0 saturated carbocycles. The van der Waals surface area contributed by atoms with E-state index in [4.69, 9.17) is 4.74 Å². The van der Waals surface area contributed by atoms with Gasteiger partial charge < -0.3 is 15.4 Å². The van der Waals surface area contributed by atoms with Crippen LogP contribution in [0.3, 0.4) is 0 Å². The van der Waals surface area contributed by atoms with Crippen LogP contribution < -0.4 is 10.6 Å². The molecule has 136 valence electrons. The van der Waals surface area contributed by atoms with Gasteiger partial charge >= 0.3 is 6.09 Å². The van der Waals surface area contributed by atoms with E-state index >= 15 is 0 Å². The van der Waals surface area contributed by atoms with Gasteiger partial charge in [-0.1, -0.05) is 38.5 Å². The van der Waals surface area contributed by atoms with Gasteiger partial charge in [0, 0.05) is 19.2 Å². The van der Waals surface area contributed by atoms with Crippen LogP contribution in [-0.2, 0) is 4.74 Å². The van der Waals surface area contributed by atoms with Gasteiger partial charge in [-0.2, -0.15) is 5.10 Å². The third-order valence-corrected chi connectivity index (χ3v) is 3.87. The number of anilines is 1. The molecule has 2 N–H and O–H groups in total. The molecule has 1 aromatic carbocycles. The molecule has 1 aromatic heterocycles. The highest BCUT2D eigenvalue weighted by Crippen LogP contribution is 2.16. The zero-order chi connectivity index (χ0) is 18.1. The van der Waals surface area contributed by atoms with Crippen molar-refractivity contribution in [2.24, 2.45) is 0 Å². The number of carbonyl (C=O) groups excluding carboxylic acids is 1. The van der Waals surface area contributed by atoms with Crippen molar-refractivity contribution in [3.63, 3.8) is 0 Å². The number of benzene rings is 1. The number of carbonyl (C=O) groups is 1. The summed E-state index contributed by atoms with van der Waals surface area (Å²) in [6.45, 7) is 7.16. The van der Waals surface area contributed by atoms with Crippen molar-refractivity contribution < 1.29 is 9.53 Å². The maximum Gasteiger partial charge on any atom is 0.407 e. The molecule has 6 heteroatoms. The van der Waals surface area contributed by atoms with Crippen LogP contribution in [-0.4, -0.2) is 35.1 Å². The summed E-state index contributed by atoms with van der Waals surface area (Å²) in [7, 11) is 0. The normalized spacial score (nSPS) is 11.8. The van der Waals surface area contributed by atoms with Gasteiger partial charge in [-0.25, -0.2) is 9.48 Å². The minimum Gasteiger partial charge on any atom is -0.446 e. The van der Waals surface area contributed by atoms with Crippen molar-refractivity contribution in [3.8, 4) is 5.69 Å². The van der Waals surface area contributed by atoms with Crippen molar-refractivity contribution >= 4 is 11.9 Å². The van der Waals surface area contributed by atoms with E-state index in [1.165, 1.54) is 0 Å². The van der Waals surface area contributed by atoms with E-state index in [-0.39, 0.29) is 12.2 Å². The maximum absolute atomic E-state index is 11.8. The smallest absolute Gasteiger partial charge is 0.407 e. The predicted molar refractivity (Wildman–Crippen MR) is 100 cm³/mol. The number of hydrogen-bond acceptors (Lipinski definition) is 4. The molecular formula is C19H28N4O2. The second kappa shape index (κ2) is 9.71. The first-order valence-corrected chi connectivity index (χ1v) is 8.94. The summed E-state index contributed by atoms with van der Waals surface area (Å²) in [6.07, 6.45) is 2.40. The Morgan fingerprint density at radius 1 is 1.24 bits per heavy atom. The average molecular weight is 344 g/mol. The molecule has 0 aliphatic carbocycles. The first-order chi connectivity index (χ1) is 12.1. The number of aryl methyl sites for hydroxylation is 1. The third kappa shape index (κ3) is 5.81. The first kappa shape index (κ1) is 18.8. The average Bonchev–Trinajstić information content (AvgIpc) is 2.99.